The Kier molecular flexibility index (Phi) is 4.66. The van der Waals surface area contributed by atoms with Crippen LogP contribution in [0.4, 0.5) is 22.9 Å². The first kappa shape index (κ1) is 22.0. The quantitative estimate of drug-likeness (QED) is 0.323. The van der Waals surface area contributed by atoms with Crippen molar-refractivity contribution in [3.8, 4) is 5.75 Å². The first-order valence-corrected chi connectivity index (χ1v) is 13.0. The Balaban J connectivity index is 1.06. The molecule has 0 radical (unpaired) electrons. The summed E-state index contributed by atoms with van der Waals surface area (Å²) in [5.74, 6) is 2.36. The van der Waals surface area contributed by atoms with E-state index in [2.05, 4.69) is 33.8 Å². The van der Waals surface area contributed by atoms with Crippen molar-refractivity contribution in [2.75, 3.05) is 17.7 Å². The van der Waals surface area contributed by atoms with Crippen LogP contribution in [0.25, 0.3) is 0 Å². The van der Waals surface area contributed by atoms with Crippen LogP contribution in [0.5, 0.6) is 5.75 Å². The Morgan fingerprint density at radius 3 is 2.44 bits per heavy atom. The van der Waals surface area contributed by atoms with Crippen molar-refractivity contribution in [3.63, 3.8) is 0 Å². The van der Waals surface area contributed by atoms with Crippen LogP contribution >= 0.6 is 11.6 Å². The molecule has 0 aliphatic heterocycles. The third-order valence-electron chi connectivity index (χ3n) is 9.63. The van der Waals surface area contributed by atoms with Crippen molar-refractivity contribution in [2.45, 2.75) is 37.5 Å². The molecule has 3 aromatic rings. The lowest BCUT2D eigenvalue weighted by atomic mass is 9.31. The van der Waals surface area contributed by atoms with Crippen LogP contribution in [0, 0.1) is 23.2 Å². The van der Waals surface area contributed by atoms with Crippen LogP contribution in [-0.2, 0) is 5.41 Å². The molecule has 3 N–H and O–H groups in total. The summed E-state index contributed by atoms with van der Waals surface area (Å²) in [6.07, 6.45) is 7.09. The number of aromatic carboxylic acids is 1. The fourth-order valence-electron chi connectivity index (χ4n) is 8.38. The van der Waals surface area contributed by atoms with Crippen molar-refractivity contribution in [1.82, 2.24) is 4.98 Å². The molecule has 5 atom stereocenters. The number of nitrogens with one attached hydrogen (secondary N) is 2. The van der Waals surface area contributed by atoms with Gasteiger partial charge in [0.2, 0.25) is 0 Å². The lowest BCUT2D eigenvalue weighted by Crippen LogP contribution is -2.68. The van der Waals surface area contributed by atoms with E-state index < -0.39 is 5.97 Å². The molecular weight excluding hydrogens is 474 g/mol. The Morgan fingerprint density at radius 1 is 1.00 bits per heavy atom. The molecule has 5 unspecified atom stereocenters. The number of hydrogen-bond acceptors (Lipinski definition) is 5. The van der Waals surface area contributed by atoms with E-state index in [1.807, 2.05) is 24.3 Å². The van der Waals surface area contributed by atoms with Crippen LogP contribution in [0.15, 0.2) is 54.6 Å². The number of aromatic nitrogens is 1. The number of benzene rings is 2. The number of fused-ring (bicyclic) bond motifs is 1. The zero-order valence-electron chi connectivity index (χ0n) is 20.1. The first-order chi connectivity index (χ1) is 17.4. The number of halogens is 1. The number of pyridine rings is 1. The van der Waals surface area contributed by atoms with E-state index in [-0.39, 0.29) is 11.4 Å². The first-order valence-electron chi connectivity index (χ1n) is 12.6. The summed E-state index contributed by atoms with van der Waals surface area (Å²) >= 11 is 6.80. The average Bonchev–Trinajstić information content (AvgIpc) is 3.36. The second kappa shape index (κ2) is 7.62. The third kappa shape index (κ3) is 2.91. The smallest absolute Gasteiger partial charge is 0.358 e. The van der Waals surface area contributed by atoms with Gasteiger partial charge in [0.25, 0.3) is 0 Å². The van der Waals surface area contributed by atoms with Gasteiger partial charge in [0, 0.05) is 16.8 Å². The van der Waals surface area contributed by atoms with Gasteiger partial charge in [-0.05, 0) is 109 Å². The number of rotatable bonds is 7. The van der Waals surface area contributed by atoms with E-state index in [0.717, 1.165) is 39.8 Å². The summed E-state index contributed by atoms with van der Waals surface area (Å²) in [6.45, 7) is 0. The highest BCUT2D eigenvalue weighted by atomic mass is 35.5. The summed E-state index contributed by atoms with van der Waals surface area (Å²) in [6, 6.07) is 17.7. The molecule has 7 heteroatoms. The lowest BCUT2D eigenvalue weighted by molar-refractivity contribution is -0.198. The Morgan fingerprint density at radius 2 is 1.78 bits per heavy atom. The van der Waals surface area contributed by atoms with Crippen LogP contribution < -0.4 is 15.4 Å². The molecule has 1 heterocycles. The van der Waals surface area contributed by atoms with Crippen LogP contribution in [0.1, 0.15) is 48.2 Å². The summed E-state index contributed by atoms with van der Waals surface area (Å²) in [4.78, 5) is 15.6. The van der Waals surface area contributed by atoms with E-state index in [1.54, 1.807) is 12.1 Å². The molecule has 4 aliphatic rings. The van der Waals surface area contributed by atoms with Gasteiger partial charge in [-0.1, -0.05) is 17.7 Å². The second-order valence-corrected chi connectivity index (χ2v) is 11.4. The standard InChI is InChI=1S/C29H28ClN3O3/c1-36-24-8-9-25(33-26(24)27(34)35)32-21-5-3-20(4-6-21)31-23-7-2-17(12-22(23)30)28-13-16-10-18-11-19(15-28)29(18,28)14-16/h2-9,12,16,18-19,31H,10-11,13-15H2,1H3,(H,32,33)(H,34,35). The molecule has 1 spiro atoms. The summed E-state index contributed by atoms with van der Waals surface area (Å²) in [5, 5.41) is 16.7. The number of ether oxygens (including phenoxy) is 1. The fourth-order valence-corrected chi connectivity index (χ4v) is 8.60. The molecule has 2 bridgehead atoms. The molecule has 4 saturated carbocycles. The molecule has 4 fully saturated rings. The summed E-state index contributed by atoms with van der Waals surface area (Å²) in [5.41, 5.74) is 4.92. The van der Waals surface area contributed by atoms with Gasteiger partial charge in [-0.2, -0.15) is 0 Å². The molecule has 0 saturated heterocycles. The van der Waals surface area contributed by atoms with Crippen molar-refractivity contribution < 1.29 is 14.6 Å². The number of nitrogens with zero attached hydrogens (tertiary/aromatic N) is 1. The van der Waals surface area contributed by atoms with Gasteiger partial charge < -0.3 is 20.5 Å². The van der Waals surface area contributed by atoms with Gasteiger partial charge in [0.05, 0.1) is 17.8 Å². The molecule has 4 aliphatic carbocycles. The van der Waals surface area contributed by atoms with Gasteiger partial charge in [0.15, 0.2) is 11.4 Å². The van der Waals surface area contributed by atoms with Crippen molar-refractivity contribution in [3.05, 3.63) is 70.9 Å². The van der Waals surface area contributed by atoms with Gasteiger partial charge in [0.1, 0.15) is 5.82 Å². The molecule has 6 nitrogen and oxygen atoms in total. The van der Waals surface area contributed by atoms with Crippen molar-refractivity contribution in [1.29, 1.82) is 0 Å². The molecule has 0 amide bonds. The van der Waals surface area contributed by atoms with Gasteiger partial charge in [-0.3, -0.25) is 0 Å². The fraction of sp³-hybridized carbons (Fsp3) is 0.379. The highest BCUT2D eigenvalue weighted by molar-refractivity contribution is 6.33. The summed E-state index contributed by atoms with van der Waals surface area (Å²) < 4.78 is 5.07. The largest absolute Gasteiger partial charge is 0.494 e. The SMILES string of the molecule is COc1ccc(Nc2ccc(Nc3ccc(C45CC6CC7CC(C4)C75C6)cc3Cl)cc2)nc1C(=O)O. The number of anilines is 4. The van der Waals surface area contributed by atoms with Gasteiger partial charge in [-0.25, -0.2) is 9.78 Å². The maximum atomic E-state index is 11.4. The topological polar surface area (TPSA) is 83.5 Å². The lowest BCUT2D eigenvalue weighted by Gasteiger charge is -2.73. The molecule has 2 aromatic carbocycles. The monoisotopic (exact) mass is 501 g/mol. The molecule has 36 heavy (non-hydrogen) atoms. The van der Waals surface area contributed by atoms with Gasteiger partial charge in [-0.15, -0.1) is 0 Å². The van der Waals surface area contributed by atoms with E-state index in [0.29, 0.717) is 16.6 Å². The van der Waals surface area contributed by atoms with Crippen LogP contribution in [-0.4, -0.2) is 23.2 Å². The highest BCUT2D eigenvalue weighted by Crippen LogP contribution is 2.86. The maximum absolute atomic E-state index is 11.4. The van der Waals surface area contributed by atoms with Gasteiger partial charge >= 0.3 is 5.97 Å². The van der Waals surface area contributed by atoms with Crippen molar-refractivity contribution >= 4 is 40.5 Å². The van der Waals surface area contributed by atoms with Crippen molar-refractivity contribution in [2.24, 2.45) is 23.2 Å². The van der Waals surface area contributed by atoms with Crippen LogP contribution in [0.2, 0.25) is 5.02 Å². The van der Waals surface area contributed by atoms with E-state index in [4.69, 9.17) is 16.3 Å². The average molecular weight is 502 g/mol. The molecule has 184 valence electrons. The minimum Gasteiger partial charge on any atom is -0.494 e. The summed E-state index contributed by atoms with van der Waals surface area (Å²) in [7, 11) is 1.42. The number of carboxylic acid groups (broad SMARTS) is 1. The third-order valence-corrected chi connectivity index (χ3v) is 9.94. The molecule has 1 aromatic heterocycles. The molecular formula is C29H28ClN3O3. The zero-order chi connectivity index (χ0) is 24.7. The minimum atomic E-state index is -1.14. The molecule has 7 rings (SSSR count). The minimum absolute atomic E-state index is 0.131. The van der Waals surface area contributed by atoms with E-state index in [9.17, 15) is 9.90 Å². The number of methoxy groups -OCH3 is 1. The number of carboxylic acids is 1. The number of hydrogen-bond donors (Lipinski definition) is 3. The highest BCUT2D eigenvalue weighted by Gasteiger charge is 2.80. The Hall–Kier alpha value is -3.25. The predicted octanol–water partition coefficient (Wildman–Crippen LogP) is 7.01. The van der Waals surface area contributed by atoms with E-state index in [1.165, 1.54) is 44.8 Å². The Labute approximate surface area is 215 Å². The second-order valence-electron chi connectivity index (χ2n) is 11.0. The van der Waals surface area contributed by atoms with E-state index >= 15 is 0 Å². The van der Waals surface area contributed by atoms with Crippen LogP contribution in [0.3, 0.4) is 0 Å². The Bertz CT molecular complexity index is 1390. The predicted molar refractivity (Wildman–Crippen MR) is 140 cm³/mol. The zero-order valence-corrected chi connectivity index (χ0v) is 20.8. The number of carbonyl (C=O) groups is 1. The normalized spacial score (nSPS) is 30.7. The maximum Gasteiger partial charge on any atom is 0.358 e.